The van der Waals surface area contributed by atoms with Gasteiger partial charge in [-0.05, 0) is 17.7 Å². The van der Waals surface area contributed by atoms with Gasteiger partial charge in [0, 0.05) is 12.4 Å². The molecule has 0 bridgehead atoms. The van der Waals surface area contributed by atoms with Crippen LogP contribution >= 0.6 is 0 Å². The number of pyridine rings is 1. The Hall–Kier alpha value is -3.03. The van der Waals surface area contributed by atoms with Crippen molar-refractivity contribution in [2.24, 2.45) is 5.10 Å². The minimum atomic E-state index is -4.97. The van der Waals surface area contributed by atoms with Crippen LogP contribution in [0.3, 0.4) is 0 Å². The van der Waals surface area contributed by atoms with Gasteiger partial charge in [0.05, 0.1) is 17.7 Å². The number of hydrogen-bond donors (Lipinski definition) is 1. The number of benzene rings is 1. The maximum absolute atomic E-state index is 12.5. The van der Waals surface area contributed by atoms with Gasteiger partial charge in [-0.3, -0.25) is 14.6 Å². The monoisotopic (exact) mass is 335 g/mol. The molecule has 0 atom stereocenters. The van der Waals surface area contributed by atoms with Gasteiger partial charge in [-0.15, -0.1) is 0 Å². The molecule has 1 aromatic heterocycles. The number of halogens is 3. The molecular formula is C16H12F3N3O2. The van der Waals surface area contributed by atoms with Crippen molar-refractivity contribution in [3.63, 3.8) is 0 Å². The minimum Gasteiger partial charge on any atom is -0.289 e. The number of aromatic nitrogens is 1. The lowest BCUT2D eigenvalue weighted by molar-refractivity contribution is -0.169. The summed E-state index contributed by atoms with van der Waals surface area (Å²) in [6, 6.07) is 10.8. The molecule has 0 unspecified atom stereocenters. The number of nitrogens with one attached hydrogen (secondary N) is 1. The molecule has 1 amide bonds. The van der Waals surface area contributed by atoms with Crippen molar-refractivity contribution in [1.82, 2.24) is 10.4 Å². The fourth-order valence-corrected chi connectivity index (χ4v) is 1.77. The first-order valence-electron chi connectivity index (χ1n) is 6.80. The van der Waals surface area contributed by atoms with Crippen LogP contribution in [0, 0.1) is 0 Å². The number of alkyl halides is 3. The second-order valence-corrected chi connectivity index (χ2v) is 4.70. The lowest BCUT2D eigenvalue weighted by Gasteiger charge is -2.09. The van der Waals surface area contributed by atoms with Crippen LogP contribution < -0.4 is 5.43 Å². The number of hydrogen-bond acceptors (Lipinski definition) is 4. The molecule has 1 aromatic carbocycles. The number of carbonyl (C=O) groups is 2. The van der Waals surface area contributed by atoms with E-state index >= 15 is 0 Å². The highest BCUT2D eigenvalue weighted by Gasteiger charge is 2.38. The Kier molecular flexibility index (Phi) is 5.41. The Labute approximate surface area is 135 Å². The number of ketones is 1. The summed E-state index contributed by atoms with van der Waals surface area (Å²) < 4.78 is 37.5. The van der Waals surface area contributed by atoms with E-state index < -0.39 is 24.3 Å². The minimum absolute atomic E-state index is 0.185. The molecule has 0 radical (unpaired) electrons. The van der Waals surface area contributed by atoms with E-state index in [1.54, 1.807) is 18.2 Å². The lowest BCUT2D eigenvalue weighted by atomic mass is 10.1. The predicted octanol–water partition coefficient (Wildman–Crippen LogP) is 2.74. The molecule has 0 saturated heterocycles. The summed E-state index contributed by atoms with van der Waals surface area (Å²) in [5, 5.41) is 3.69. The fourth-order valence-electron chi connectivity index (χ4n) is 1.77. The summed E-state index contributed by atoms with van der Waals surface area (Å²) in [5.74, 6) is -2.59. The zero-order valence-electron chi connectivity index (χ0n) is 12.2. The van der Waals surface area contributed by atoms with Crippen molar-refractivity contribution in [2.75, 3.05) is 0 Å². The van der Waals surface area contributed by atoms with Crippen molar-refractivity contribution in [1.29, 1.82) is 0 Å². The number of Topliss-reactive ketones (excluding diaryl/α,β-unsaturated/α-hetero) is 1. The molecule has 0 saturated carbocycles. The zero-order chi connectivity index (χ0) is 17.6. The summed E-state index contributed by atoms with van der Waals surface area (Å²) >= 11 is 0. The first-order chi connectivity index (χ1) is 11.4. The second-order valence-electron chi connectivity index (χ2n) is 4.70. The topological polar surface area (TPSA) is 71.4 Å². The van der Waals surface area contributed by atoms with Crippen LogP contribution in [-0.4, -0.2) is 28.6 Å². The van der Waals surface area contributed by atoms with Crippen LogP contribution in [0.15, 0.2) is 60.0 Å². The highest BCUT2D eigenvalue weighted by Crippen LogP contribution is 2.19. The van der Waals surface area contributed by atoms with E-state index in [-0.39, 0.29) is 11.3 Å². The Morgan fingerprint density at radius 1 is 1.04 bits per heavy atom. The lowest BCUT2D eigenvalue weighted by Crippen LogP contribution is -2.27. The van der Waals surface area contributed by atoms with E-state index in [2.05, 4.69) is 15.5 Å². The molecular weight excluding hydrogens is 323 g/mol. The van der Waals surface area contributed by atoms with E-state index in [0.29, 0.717) is 5.56 Å². The van der Waals surface area contributed by atoms with Crippen molar-refractivity contribution >= 4 is 17.4 Å². The van der Waals surface area contributed by atoms with Gasteiger partial charge in [0.2, 0.25) is 5.78 Å². The molecule has 8 heteroatoms. The maximum Gasteiger partial charge on any atom is 0.450 e. The van der Waals surface area contributed by atoms with Crippen molar-refractivity contribution in [2.45, 2.75) is 12.6 Å². The SMILES string of the molecule is O=C(N/N=C(/CC(=O)C(F)(F)F)c1ccccc1)c1cccnc1. The molecule has 124 valence electrons. The first kappa shape index (κ1) is 17.3. The summed E-state index contributed by atoms with van der Waals surface area (Å²) in [5.41, 5.74) is 2.46. The highest BCUT2D eigenvalue weighted by atomic mass is 19.4. The van der Waals surface area contributed by atoms with E-state index in [4.69, 9.17) is 0 Å². The molecule has 2 aromatic rings. The van der Waals surface area contributed by atoms with Crippen LogP contribution in [0.25, 0.3) is 0 Å². The highest BCUT2D eigenvalue weighted by molar-refractivity contribution is 6.12. The van der Waals surface area contributed by atoms with Gasteiger partial charge in [-0.25, -0.2) is 5.43 Å². The molecule has 2 rings (SSSR count). The fraction of sp³-hybridized carbons (Fsp3) is 0.125. The van der Waals surface area contributed by atoms with Crippen LogP contribution in [-0.2, 0) is 4.79 Å². The van der Waals surface area contributed by atoms with Crippen LogP contribution in [0.5, 0.6) is 0 Å². The number of nitrogens with zero attached hydrogens (tertiary/aromatic N) is 2. The van der Waals surface area contributed by atoms with E-state index in [1.165, 1.54) is 36.7 Å². The summed E-state index contributed by atoms with van der Waals surface area (Å²) in [7, 11) is 0. The quantitative estimate of drug-likeness (QED) is 0.675. The molecule has 0 aliphatic rings. The van der Waals surface area contributed by atoms with E-state index in [1.807, 2.05) is 0 Å². The van der Waals surface area contributed by atoms with Crippen molar-refractivity contribution in [3.05, 3.63) is 66.0 Å². The molecule has 24 heavy (non-hydrogen) atoms. The third kappa shape index (κ3) is 4.73. The average molecular weight is 335 g/mol. The molecule has 0 spiro atoms. The van der Waals surface area contributed by atoms with Gasteiger partial charge in [0.25, 0.3) is 5.91 Å². The molecule has 0 aliphatic carbocycles. The van der Waals surface area contributed by atoms with Crippen LogP contribution in [0.4, 0.5) is 13.2 Å². The third-order valence-corrected chi connectivity index (χ3v) is 2.97. The number of rotatable bonds is 5. The maximum atomic E-state index is 12.5. The van der Waals surface area contributed by atoms with Crippen LogP contribution in [0.1, 0.15) is 22.3 Å². The van der Waals surface area contributed by atoms with Crippen LogP contribution in [0.2, 0.25) is 0 Å². The Bertz CT molecular complexity index is 744. The number of amides is 1. The largest absolute Gasteiger partial charge is 0.450 e. The average Bonchev–Trinajstić information content (AvgIpc) is 2.58. The Morgan fingerprint density at radius 3 is 2.29 bits per heavy atom. The van der Waals surface area contributed by atoms with Crippen molar-refractivity contribution < 1.29 is 22.8 Å². The van der Waals surface area contributed by atoms with Crippen molar-refractivity contribution in [3.8, 4) is 0 Å². The summed E-state index contributed by atoms with van der Waals surface area (Å²) in [6.07, 6.45) is -3.19. The Balaban J connectivity index is 2.22. The molecule has 0 aliphatic heterocycles. The van der Waals surface area contributed by atoms with Gasteiger partial charge < -0.3 is 0 Å². The summed E-state index contributed by atoms with van der Waals surface area (Å²) in [6.45, 7) is 0. The van der Waals surface area contributed by atoms with E-state index in [0.717, 1.165) is 0 Å². The smallest absolute Gasteiger partial charge is 0.289 e. The second kappa shape index (κ2) is 7.49. The number of hydrazone groups is 1. The first-order valence-corrected chi connectivity index (χ1v) is 6.80. The van der Waals surface area contributed by atoms with Gasteiger partial charge in [-0.2, -0.15) is 18.3 Å². The van der Waals surface area contributed by atoms with Gasteiger partial charge in [0.15, 0.2) is 0 Å². The Morgan fingerprint density at radius 2 is 1.71 bits per heavy atom. The molecule has 5 nitrogen and oxygen atoms in total. The molecule has 1 heterocycles. The normalized spacial score (nSPS) is 11.9. The standard InChI is InChI=1S/C16H12F3N3O2/c17-16(18,19)14(23)9-13(11-5-2-1-3-6-11)21-22-15(24)12-7-4-8-20-10-12/h1-8,10H,9H2,(H,22,24)/b21-13-. The third-order valence-electron chi connectivity index (χ3n) is 2.97. The summed E-state index contributed by atoms with van der Waals surface area (Å²) in [4.78, 5) is 26.9. The molecule has 1 N–H and O–H groups in total. The van der Waals surface area contributed by atoms with Gasteiger partial charge >= 0.3 is 6.18 Å². The van der Waals surface area contributed by atoms with Gasteiger partial charge in [-0.1, -0.05) is 30.3 Å². The van der Waals surface area contributed by atoms with E-state index in [9.17, 15) is 22.8 Å². The predicted molar refractivity (Wildman–Crippen MR) is 80.4 cm³/mol. The number of carbonyl (C=O) groups excluding carboxylic acids is 2. The molecule has 0 fully saturated rings. The van der Waals surface area contributed by atoms with Gasteiger partial charge in [0.1, 0.15) is 0 Å². The zero-order valence-corrected chi connectivity index (χ0v) is 12.2.